The van der Waals surface area contributed by atoms with Gasteiger partial charge in [0.05, 0.1) is 24.4 Å². The Kier molecular flexibility index (Phi) is 6.06. The van der Waals surface area contributed by atoms with Crippen molar-refractivity contribution in [3.8, 4) is 6.07 Å². The van der Waals surface area contributed by atoms with Gasteiger partial charge in [0.2, 0.25) is 0 Å². The van der Waals surface area contributed by atoms with Crippen molar-refractivity contribution in [2.24, 2.45) is 0 Å². The molecule has 1 aromatic rings. The summed E-state index contributed by atoms with van der Waals surface area (Å²) in [5.74, 6) is 0.533. The minimum atomic E-state index is -0.505. The zero-order valence-corrected chi connectivity index (χ0v) is 10.9. The highest BCUT2D eigenvalue weighted by Gasteiger charge is 2.08. The molecule has 1 atom stereocenters. The van der Waals surface area contributed by atoms with Gasteiger partial charge in [0, 0.05) is 10.6 Å². The summed E-state index contributed by atoms with van der Waals surface area (Å²) in [7, 11) is 0. The summed E-state index contributed by atoms with van der Waals surface area (Å²) < 4.78 is 5.32. The molecule has 0 aliphatic heterocycles. The van der Waals surface area contributed by atoms with Gasteiger partial charge < -0.3 is 9.84 Å². The summed E-state index contributed by atoms with van der Waals surface area (Å²) in [6, 6.07) is 9.52. The quantitative estimate of drug-likeness (QED) is 0.789. The average Bonchev–Trinajstić information content (AvgIpc) is 2.34. The number of nitrogens with zero attached hydrogens (tertiary/aromatic N) is 1. The number of thioether (sulfide) groups is 1. The van der Waals surface area contributed by atoms with Gasteiger partial charge in [0.15, 0.2) is 0 Å². The van der Waals surface area contributed by atoms with Crippen LogP contribution in [0.5, 0.6) is 0 Å². The first-order valence-electron chi connectivity index (χ1n) is 5.55. The monoisotopic (exact) mass is 251 g/mol. The van der Waals surface area contributed by atoms with E-state index in [9.17, 15) is 5.11 Å². The predicted octanol–water partition coefficient (Wildman–Crippen LogP) is 2.44. The van der Waals surface area contributed by atoms with E-state index in [2.05, 4.69) is 6.07 Å². The Morgan fingerprint density at radius 3 is 2.76 bits per heavy atom. The van der Waals surface area contributed by atoms with E-state index < -0.39 is 6.10 Å². The minimum Gasteiger partial charge on any atom is -0.390 e. The molecule has 0 fully saturated rings. The largest absolute Gasteiger partial charge is 0.390 e. The lowest BCUT2D eigenvalue weighted by atomic mass is 10.2. The van der Waals surface area contributed by atoms with Crippen LogP contribution in [0.4, 0.5) is 0 Å². The van der Waals surface area contributed by atoms with E-state index >= 15 is 0 Å². The van der Waals surface area contributed by atoms with E-state index in [0.717, 1.165) is 4.90 Å². The molecule has 1 aromatic carbocycles. The van der Waals surface area contributed by atoms with Crippen molar-refractivity contribution in [1.82, 2.24) is 0 Å². The summed E-state index contributed by atoms with van der Waals surface area (Å²) in [5.41, 5.74) is 0.648. The normalized spacial score (nSPS) is 12.4. The molecule has 1 unspecified atom stereocenters. The van der Waals surface area contributed by atoms with Gasteiger partial charge in [-0.15, -0.1) is 11.8 Å². The number of rotatable bonds is 6. The molecule has 17 heavy (non-hydrogen) atoms. The topological polar surface area (TPSA) is 53.2 Å². The maximum atomic E-state index is 9.69. The number of ether oxygens (including phenoxy) is 1. The van der Waals surface area contributed by atoms with E-state index in [-0.39, 0.29) is 6.10 Å². The zero-order chi connectivity index (χ0) is 12.7. The maximum absolute atomic E-state index is 9.69. The van der Waals surface area contributed by atoms with Crippen LogP contribution in [0.25, 0.3) is 0 Å². The van der Waals surface area contributed by atoms with Crippen molar-refractivity contribution in [1.29, 1.82) is 5.26 Å². The molecule has 0 aliphatic carbocycles. The molecule has 1 rings (SSSR count). The van der Waals surface area contributed by atoms with Crippen LogP contribution in [0.3, 0.4) is 0 Å². The third kappa shape index (κ3) is 5.22. The lowest BCUT2D eigenvalue weighted by Crippen LogP contribution is -2.20. The molecular formula is C13H17NO2S. The number of hydrogen-bond donors (Lipinski definition) is 1. The Balaban J connectivity index is 2.42. The SMILES string of the molecule is CC(C)OCC(O)CSc1ccccc1C#N. The number of benzene rings is 1. The second-order valence-corrected chi connectivity index (χ2v) is 5.02. The van der Waals surface area contributed by atoms with Crippen LogP contribution >= 0.6 is 11.8 Å². The highest BCUT2D eigenvalue weighted by Crippen LogP contribution is 2.22. The first-order valence-corrected chi connectivity index (χ1v) is 6.53. The third-order valence-corrected chi connectivity index (χ3v) is 3.28. The van der Waals surface area contributed by atoms with E-state index in [0.29, 0.717) is 17.9 Å². The Hall–Kier alpha value is -1.02. The molecule has 0 amide bonds. The number of aliphatic hydroxyl groups is 1. The van der Waals surface area contributed by atoms with Crippen molar-refractivity contribution in [2.75, 3.05) is 12.4 Å². The van der Waals surface area contributed by atoms with Crippen molar-refractivity contribution in [3.05, 3.63) is 29.8 Å². The molecule has 0 saturated heterocycles. The highest BCUT2D eigenvalue weighted by atomic mass is 32.2. The van der Waals surface area contributed by atoms with Gasteiger partial charge in [-0.3, -0.25) is 0 Å². The van der Waals surface area contributed by atoms with Gasteiger partial charge in [-0.2, -0.15) is 5.26 Å². The molecule has 3 nitrogen and oxygen atoms in total. The summed E-state index contributed by atoms with van der Waals surface area (Å²) in [6.45, 7) is 4.20. The molecule has 0 radical (unpaired) electrons. The van der Waals surface area contributed by atoms with Gasteiger partial charge in [-0.25, -0.2) is 0 Å². The van der Waals surface area contributed by atoms with Gasteiger partial charge in [-0.1, -0.05) is 12.1 Å². The van der Waals surface area contributed by atoms with E-state index in [1.165, 1.54) is 11.8 Å². The van der Waals surface area contributed by atoms with E-state index in [1.807, 2.05) is 32.0 Å². The third-order valence-electron chi connectivity index (χ3n) is 2.06. The Bertz CT molecular complexity index is 387. The summed E-state index contributed by atoms with van der Waals surface area (Å²) in [5, 5.41) is 18.6. The molecule has 1 N–H and O–H groups in total. The minimum absolute atomic E-state index is 0.126. The number of hydrogen-bond acceptors (Lipinski definition) is 4. The van der Waals surface area contributed by atoms with Gasteiger partial charge in [-0.05, 0) is 26.0 Å². The van der Waals surface area contributed by atoms with Crippen molar-refractivity contribution in [3.63, 3.8) is 0 Å². The fourth-order valence-corrected chi connectivity index (χ4v) is 2.13. The lowest BCUT2D eigenvalue weighted by Gasteiger charge is -2.13. The average molecular weight is 251 g/mol. The smallest absolute Gasteiger partial charge is 0.100 e. The predicted molar refractivity (Wildman–Crippen MR) is 69.0 cm³/mol. The molecule has 4 heteroatoms. The van der Waals surface area contributed by atoms with Gasteiger partial charge >= 0.3 is 0 Å². The number of aliphatic hydroxyl groups excluding tert-OH is 1. The summed E-state index contributed by atoms with van der Waals surface area (Å²) in [6.07, 6.45) is -0.379. The molecule has 0 aromatic heterocycles. The second kappa shape index (κ2) is 7.33. The van der Waals surface area contributed by atoms with E-state index in [4.69, 9.17) is 10.00 Å². The van der Waals surface area contributed by atoms with Crippen molar-refractivity contribution < 1.29 is 9.84 Å². The fraction of sp³-hybridized carbons (Fsp3) is 0.462. The standard InChI is InChI=1S/C13H17NO2S/c1-10(2)16-8-12(15)9-17-13-6-4-3-5-11(13)7-14/h3-6,10,12,15H,8-9H2,1-2H3. The molecule has 0 spiro atoms. The van der Waals surface area contributed by atoms with E-state index in [1.54, 1.807) is 6.07 Å². The van der Waals surface area contributed by atoms with Gasteiger partial charge in [0.1, 0.15) is 6.07 Å². The second-order valence-electron chi connectivity index (χ2n) is 3.95. The first kappa shape index (κ1) is 14.0. The number of nitriles is 1. The van der Waals surface area contributed by atoms with Crippen molar-refractivity contribution in [2.45, 2.75) is 31.0 Å². The summed E-state index contributed by atoms with van der Waals surface area (Å²) in [4.78, 5) is 0.901. The maximum Gasteiger partial charge on any atom is 0.100 e. The molecule has 0 bridgehead atoms. The van der Waals surface area contributed by atoms with Crippen LogP contribution in [0.2, 0.25) is 0 Å². The molecule has 0 saturated carbocycles. The van der Waals surface area contributed by atoms with Crippen LogP contribution in [-0.2, 0) is 4.74 Å². The zero-order valence-electron chi connectivity index (χ0n) is 10.1. The lowest BCUT2D eigenvalue weighted by molar-refractivity contribution is 0.0152. The Morgan fingerprint density at radius 1 is 1.41 bits per heavy atom. The van der Waals surface area contributed by atoms with Crippen LogP contribution in [0, 0.1) is 11.3 Å². The molecule has 92 valence electrons. The van der Waals surface area contributed by atoms with Crippen LogP contribution in [0.1, 0.15) is 19.4 Å². The molecule has 0 heterocycles. The van der Waals surface area contributed by atoms with Crippen LogP contribution in [0.15, 0.2) is 29.2 Å². The Labute approximate surface area is 106 Å². The Morgan fingerprint density at radius 2 is 2.12 bits per heavy atom. The highest BCUT2D eigenvalue weighted by molar-refractivity contribution is 7.99. The summed E-state index contributed by atoms with van der Waals surface area (Å²) >= 11 is 1.48. The molecule has 0 aliphatic rings. The van der Waals surface area contributed by atoms with Crippen LogP contribution in [-0.4, -0.2) is 29.7 Å². The molecular weight excluding hydrogens is 234 g/mol. The van der Waals surface area contributed by atoms with Crippen LogP contribution < -0.4 is 0 Å². The van der Waals surface area contributed by atoms with Crippen molar-refractivity contribution >= 4 is 11.8 Å². The first-order chi connectivity index (χ1) is 8.13. The fourth-order valence-electron chi connectivity index (χ4n) is 1.22. The van der Waals surface area contributed by atoms with Gasteiger partial charge in [0.25, 0.3) is 0 Å².